The Balaban J connectivity index is 1.45. The van der Waals surface area contributed by atoms with Crippen LogP contribution in [-0.2, 0) is 16.0 Å². The number of ether oxygens (including phenoxy) is 1. The van der Waals surface area contributed by atoms with Gasteiger partial charge in [-0.1, -0.05) is 6.08 Å². The molecule has 35 heavy (non-hydrogen) atoms. The molecule has 1 aromatic rings. The van der Waals surface area contributed by atoms with Gasteiger partial charge < -0.3 is 19.9 Å². The van der Waals surface area contributed by atoms with E-state index in [9.17, 15) is 19.2 Å². The van der Waals surface area contributed by atoms with Crippen LogP contribution in [0.3, 0.4) is 0 Å². The fourth-order valence-electron chi connectivity index (χ4n) is 4.97. The second kappa shape index (κ2) is 9.86. The van der Waals surface area contributed by atoms with E-state index in [1.165, 1.54) is 11.0 Å². The van der Waals surface area contributed by atoms with E-state index in [4.69, 9.17) is 4.74 Å². The quantitative estimate of drug-likeness (QED) is 0.648. The summed E-state index contributed by atoms with van der Waals surface area (Å²) in [5.74, 6) is -0.845. The number of carbonyl (C=O) groups excluding carboxylic acids is 2. The Hall–Kier alpha value is -3.12. The molecule has 0 saturated carbocycles. The number of halogens is 1. The van der Waals surface area contributed by atoms with Gasteiger partial charge in [-0.15, -0.1) is 0 Å². The highest BCUT2D eigenvalue weighted by Gasteiger charge is 2.47. The molecule has 188 valence electrons. The van der Waals surface area contributed by atoms with Gasteiger partial charge in [0.15, 0.2) is 0 Å². The fourth-order valence-corrected chi connectivity index (χ4v) is 4.97. The third kappa shape index (κ3) is 5.59. The number of hydrogen-bond donors (Lipinski definition) is 1. The number of fused-ring (bicyclic) bond motifs is 1. The zero-order valence-electron chi connectivity index (χ0n) is 20.9. The number of piperidine rings is 1. The van der Waals surface area contributed by atoms with Crippen LogP contribution in [0.1, 0.15) is 39.2 Å². The lowest BCUT2D eigenvalue weighted by molar-refractivity contribution is -0.126. The lowest BCUT2D eigenvalue weighted by Crippen LogP contribution is -2.55. The Labute approximate surface area is 206 Å². The van der Waals surface area contributed by atoms with Gasteiger partial charge in [0.05, 0.1) is 12.1 Å². The lowest BCUT2D eigenvalue weighted by Gasteiger charge is -2.36. The van der Waals surface area contributed by atoms with Crippen LogP contribution in [0.25, 0.3) is 0 Å². The maximum absolute atomic E-state index is 14.7. The first-order valence-corrected chi connectivity index (χ1v) is 12.2. The second-order valence-electron chi connectivity index (χ2n) is 10.6. The predicted octanol–water partition coefficient (Wildman–Crippen LogP) is 2.84. The molecule has 0 radical (unpaired) electrons. The van der Waals surface area contributed by atoms with Gasteiger partial charge in [-0.3, -0.25) is 9.69 Å². The maximum Gasteiger partial charge on any atom is 0.411 e. The van der Waals surface area contributed by atoms with Crippen LogP contribution in [-0.4, -0.2) is 78.8 Å². The molecule has 0 aromatic heterocycles. The molecule has 1 aliphatic carbocycles. The first kappa shape index (κ1) is 25.0. The Morgan fingerprint density at radius 3 is 2.63 bits per heavy atom. The Morgan fingerprint density at radius 1 is 1.26 bits per heavy atom. The molecule has 2 amide bonds. The summed E-state index contributed by atoms with van der Waals surface area (Å²) in [4.78, 5) is 32.0. The third-order valence-corrected chi connectivity index (χ3v) is 6.77. The van der Waals surface area contributed by atoms with E-state index in [1.54, 1.807) is 32.9 Å². The van der Waals surface area contributed by atoms with Crippen molar-refractivity contribution in [1.29, 1.82) is 5.26 Å². The monoisotopic (exact) mass is 483 g/mol. The number of amides is 2. The molecule has 3 atom stereocenters. The minimum Gasteiger partial charge on any atom is -0.444 e. The summed E-state index contributed by atoms with van der Waals surface area (Å²) in [5, 5.41) is 12.5. The van der Waals surface area contributed by atoms with Crippen molar-refractivity contribution >= 4 is 17.7 Å². The highest BCUT2D eigenvalue weighted by atomic mass is 19.1. The smallest absolute Gasteiger partial charge is 0.411 e. The van der Waals surface area contributed by atoms with E-state index < -0.39 is 35.5 Å². The molecule has 1 fully saturated rings. The lowest BCUT2D eigenvalue weighted by atomic mass is 10.00. The van der Waals surface area contributed by atoms with Gasteiger partial charge in [-0.2, -0.15) is 5.26 Å². The topological polar surface area (TPSA) is 88.9 Å². The van der Waals surface area contributed by atoms with Crippen molar-refractivity contribution in [2.45, 2.75) is 63.8 Å². The second-order valence-corrected chi connectivity index (χ2v) is 10.6. The van der Waals surface area contributed by atoms with Crippen molar-refractivity contribution in [3.63, 3.8) is 0 Å². The number of piperazine rings is 1. The van der Waals surface area contributed by atoms with Gasteiger partial charge in [0, 0.05) is 38.3 Å². The number of likely N-dealkylation sites (N-methyl/N-ethyl adjacent to an activating group) is 1. The number of likely N-dealkylation sites (tertiary alicyclic amines) is 1. The molecule has 8 nitrogen and oxygen atoms in total. The van der Waals surface area contributed by atoms with E-state index in [2.05, 4.69) is 28.2 Å². The van der Waals surface area contributed by atoms with Crippen LogP contribution >= 0.6 is 0 Å². The predicted molar refractivity (Wildman–Crippen MR) is 130 cm³/mol. The number of nitrogens with one attached hydrogen (secondary N) is 1. The van der Waals surface area contributed by atoms with Crippen molar-refractivity contribution in [2.75, 3.05) is 38.1 Å². The van der Waals surface area contributed by atoms with E-state index in [0.717, 1.165) is 50.3 Å². The summed E-state index contributed by atoms with van der Waals surface area (Å²) in [6.07, 6.45) is 2.91. The number of carbonyl (C=O) groups is 2. The summed E-state index contributed by atoms with van der Waals surface area (Å²) in [6.45, 7) is 8.88. The summed E-state index contributed by atoms with van der Waals surface area (Å²) in [6, 6.07) is 5.11. The average molecular weight is 484 g/mol. The molecule has 0 spiro atoms. The minimum atomic E-state index is -0.931. The van der Waals surface area contributed by atoms with Crippen molar-refractivity contribution in [1.82, 2.24) is 15.1 Å². The first-order valence-electron chi connectivity index (χ1n) is 12.2. The van der Waals surface area contributed by atoms with E-state index in [1.807, 2.05) is 6.08 Å². The number of rotatable bonds is 5. The highest BCUT2D eigenvalue weighted by Crippen LogP contribution is 2.38. The van der Waals surface area contributed by atoms with Crippen molar-refractivity contribution in [3.05, 3.63) is 41.2 Å². The van der Waals surface area contributed by atoms with Crippen molar-refractivity contribution < 1.29 is 18.7 Å². The Bertz CT molecular complexity index is 1050. The molecular formula is C26H34FN5O3. The zero-order valence-corrected chi connectivity index (χ0v) is 20.9. The van der Waals surface area contributed by atoms with Crippen LogP contribution in [0.5, 0.6) is 0 Å². The number of nitriles is 1. The third-order valence-electron chi connectivity index (χ3n) is 6.77. The van der Waals surface area contributed by atoms with Crippen LogP contribution in [0.15, 0.2) is 29.8 Å². The standard InChI is InChI=1S/C26H34FN5O3/c1-26(2,3)35-25(34)32-21-6-5-17(14-21)23(32)24(33)29-19(16-28)13-18-15-20(7-8-22(18)27)31-11-9-30(4)10-12-31/h7-8,14-15,19,21,23H,5-6,9-13H2,1-4H3,(H,29,33)/t19-,21+,23-/m0/s1. The largest absolute Gasteiger partial charge is 0.444 e. The number of hydrogen-bond acceptors (Lipinski definition) is 6. The van der Waals surface area contributed by atoms with Crippen LogP contribution in [0.4, 0.5) is 14.9 Å². The molecule has 1 aromatic carbocycles. The van der Waals surface area contributed by atoms with E-state index >= 15 is 0 Å². The minimum absolute atomic E-state index is 0.0390. The molecule has 3 aliphatic rings. The van der Waals surface area contributed by atoms with Gasteiger partial charge in [-0.05, 0) is 70.0 Å². The summed E-state index contributed by atoms with van der Waals surface area (Å²) >= 11 is 0. The van der Waals surface area contributed by atoms with Gasteiger partial charge in [0.2, 0.25) is 5.91 Å². The molecule has 2 aliphatic heterocycles. The van der Waals surface area contributed by atoms with Gasteiger partial charge in [0.1, 0.15) is 23.5 Å². The summed E-state index contributed by atoms with van der Waals surface area (Å²) in [5.41, 5.74) is 1.46. The summed E-state index contributed by atoms with van der Waals surface area (Å²) < 4.78 is 20.2. The molecule has 9 heteroatoms. The normalized spacial score (nSPS) is 23.0. The molecule has 1 saturated heterocycles. The van der Waals surface area contributed by atoms with Gasteiger partial charge >= 0.3 is 6.09 Å². The first-order chi connectivity index (χ1) is 16.6. The van der Waals surface area contributed by atoms with Crippen LogP contribution in [0, 0.1) is 17.1 Å². The van der Waals surface area contributed by atoms with E-state index in [0.29, 0.717) is 5.56 Å². The fraction of sp³-hybridized carbons (Fsp3) is 0.577. The molecule has 2 bridgehead atoms. The number of nitrogens with zero attached hydrogens (tertiary/aromatic N) is 4. The SMILES string of the molecule is CN1CCN(c2ccc(F)c(C[C@@H](C#N)NC(=O)[C@@H]3C4=C[C@@H](CC4)N3C(=O)OC(C)(C)C)c2)CC1. The van der Waals surface area contributed by atoms with E-state index in [-0.39, 0.29) is 12.5 Å². The molecule has 2 heterocycles. The number of benzene rings is 1. The van der Waals surface area contributed by atoms with Crippen LogP contribution < -0.4 is 10.2 Å². The molecule has 0 unspecified atom stereocenters. The maximum atomic E-state index is 14.7. The van der Waals surface area contributed by atoms with Crippen LogP contribution in [0.2, 0.25) is 0 Å². The molecular weight excluding hydrogens is 449 g/mol. The van der Waals surface area contributed by atoms with Crippen molar-refractivity contribution in [2.24, 2.45) is 0 Å². The molecule has 1 N–H and O–H groups in total. The van der Waals surface area contributed by atoms with Gasteiger partial charge in [0.25, 0.3) is 0 Å². The Morgan fingerprint density at radius 2 is 1.97 bits per heavy atom. The Kier molecular flexibility index (Phi) is 7.04. The molecule has 4 rings (SSSR count). The highest BCUT2D eigenvalue weighted by molar-refractivity contribution is 5.91. The zero-order chi connectivity index (χ0) is 25.3. The number of anilines is 1. The average Bonchev–Trinajstić information content (AvgIpc) is 3.41. The van der Waals surface area contributed by atoms with Crippen molar-refractivity contribution in [3.8, 4) is 6.07 Å². The van der Waals surface area contributed by atoms with Gasteiger partial charge in [-0.25, -0.2) is 9.18 Å². The summed E-state index contributed by atoms with van der Waals surface area (Å²) in [7, 11) is 2.07.